The van der Waals surface area contributed by atoms with E-state index in [-0.39, 0.29) is 11.5 Å². The first-order chi connectivity index (χ1) is 5.57. The zero-order valence-electron chi connectivity index (χ0n) is 7.38. The van der Waals surface area contributed by atoms with E-state index in [1.54, 1.807) is 0 Å². The Balaban J connectivity index is 3.42. The van der Waals surface area contributed by atoms with Crippen molar-refractivity contribution >= 4 is 0 Å². The number of phenols is 2. The van der Waals surface area contributed by atoms with Crippen LogP contribution < -0.4 is 4.74 Å². The molecule has 66 valence electrons. The molecule has 0 saturated heterocycles. The average Bonchev–Trinajstić information content (AvgIpc) is 2.02. The SMILES string of the molecule is COc1c(C)c(C)cc(O)c1O. The third-order valence-electron chi connectivity index (χ3n) is 1.95. The van der Waals surface area contributed by atoms with Gasteiger partial charge in [-0.1, -0.05) is 0 Å². The van der Waals surface area contributed by atoms with Crippen LogP contribution in [0.2, 0.25) is 0 Å². The minimum absolute atomic E-state index is 0.144. The second kappa shape index (κ2) is 2.93. The van der Waals surface area contributed by atoms with Gasteiger partial charge >= 0.3 is 0 Å². The number of aryl methyl sites for hydroxylation is 1. The van der Waals surface area contributed by atoms with E-state index >= 15 is 0 Å². The van der Waals surface area contributed by atoms with Gasteiger partial charge in [0.15, 0.2) is 11.5 Å². The molecule has 1 aromatic carbocycles. The molecule has 0 radical (unpaired) electrons. The van der Waals surface area contributed by atoms with Gasteiger partial charge in [0.05, 0.1) is 7.11 Å². The Morgan fingerprint density at radius 1 is 1.25 bits per heavy atom. The summed E-state index contributed by atoms with van der Waals surface area (Å²) >= 11 is 0. The van der Waals surface area contributed by atoms with Crippen LogP contribution in [0, 0.1) is 13.8 Å². The van der Waals surface area contributed by atoms with Gasteiger partial charge in [-0.25, -0.2) is 0 Å². The van der Waals surface area contributed by atoms with E-state index in [1.807, 2.05) is 13.8 Å². The van der Waals surface area contributed by atoms with E-state index in [2.05, 4.69) is 0 Å². The van der Waals surface area contributed by atoms with Crippen LogP contribution in [0.25, 0.3) is 0 Å². The molecule has 3 heteroatoms. The highest BCUT2D eigenvalue weighted by Crippen LogP contribution is 2.39. The standard InChI is InChI=1S/C9H12O3/c1-5-4-7(10)8(11)9(12-3)6(5)2/h4,10-11H,1-3H3. The van der Waals surface area contributed by atoms with Crippen molar-refractivity contribution in [2.75, 3.05) is 7.11 Å². The highest BCUT2D eigenvalue weighted by molar-refractivity contribution is 5.56. The molecule has 0 unspecified atom stereocenters. The van der Waals surface area contributed by atoms with Crippen LogP contribution in [0.5, 0.6) is 17.2 Å². The molecule has 0 heterocycles. The van der Waals surface area contributed by atoms with Crippen LogP contribution in [0.4, 0.5) is 0 Å². The van der Waals surface area contributed by atoms with Crippen LogP contribution in [-0.4, -0.2) is 17.3 Å². The number of rotatable bonds is 1. The molecule has 0 aromatic heterocycles. The van der Waals surface area contributed by atoms with Crippen LogP contribution in [0.3, 0.4) is 0 Å². The molecule has 3 nitrogen and oxygen atoms in total. The Bertz CT molecular complexity index is 279. The lowest BCUT2D eigenvalue weighted by Crippen LogP contribution is -1.90. The van der Waals surface area contributed by atoms with Crippen LogP contribution in [0.15, 0.2) is 6.07 Å². The molecule has 1 rings (SSSR count). The molecule has 0 aliphatic rings. The van der Waals surface area contributed by atoms with Gasteiger partial charge in [0.25, 0.3) is 0 Å². The predicted octanol–water partition coefficient (Wildman–Crippen LogP) is 1.72. The fourth-order valence-corrected chi connectivity index (χ4v) is 1.10. The molecule has 0 atom stereocenters. The van der Waals surface area contributed by atoms with Gasteiger partial charge in [0, 0.05) is 0 Å². The van der Waals surface area contributed by atoms with Crippen molar-refractivity contribution in [1.29, 1.82) is 0 Å². The summed E-state index contributed by atoms with van der Waals surface area (Å²) in [6.07, 6.45) is 0. The molecular formula is C9H12O3. The molecular weight excluding hydrogens is 156 g/mol. The van der Waals surface area contributed by atoms with Crippen molar-refractivity contribution in [3.8, 4) is 17.2 Å². The Morgan fingerprint density at radius 3 is 2.33 bits per heavy atom. The largest absolute Gasteiger partial charge is 0.504 e. The average molecular weight is 168 g/mol. The molecule has 0 amide bonds. The van der Waals surface area contributed by atoms with E-state index in [1.165, 1.54) is 13.2 Å². The normalized spacial score (nSPS) is 9.92. The predicted molar refractivity (Wildman–Crippen MR) is 45.8 cm³/mol. The lowest BCUT2D eigenvalue weighted by Gasteiger charge is -2.10. The topological polar surface area (TPSA) is 49.7 Å². The van der Waals surface area contributed by atoms with Crippen LogP contribution in [-0.2, 0) is 0 Å². The number of hydrogen-bond donors (Lipinski definition) is 2. The molecule has 0 fully saturated rings. The first-order valence-electron chi connectivity index (χ1n) is 3.64. The molecule has 0 spiro atoms. The summed E-state index contributed by atoms with van der Waals surface area (Å²) in [7, 11) is 1.46. The van der Waals surface area contributed by atoms with Crippen molar-refractivity contribution in [2.45, 2.75) is 13.8 Å². The highest BCUT2D eigenvalue weighted by Gasteiger charge is 2.12. The number of phenolic OH excluding ortho intramolecular Hbond substituents is 2. The monoisotopic (exact) mass is 168 g/mol. The maximum absolute atomic E-state index is 9.33. The highest BCUT2D eigenvalue weighted by atomic mass is 16.5. The molecule has 0 aliphatic heterocycles. The second-order valence-electron chi connectivity index (χ2n) is 2.72. The number of benzene rings is 1. The quantitative estimate of drug-likeness (QED) is 0.628. The summed E-state index contributed by atoms with van der Waals surface area (Å²) in [5.41, 5.74) is 1.73. The van der Waals surface area contributed by atoms with Crippen molar-refractivity contribution in [3.63, 3.8) is 0 Å². The van der Waals surface area contributed by atoms with Crippen molar-refractivity contribution < 1.29 is 14.9 Å². The van der Waals surface area contributed by atoms with E-state index in [9.17, 15) is 10.2 Å². The van der Waals surface area contributed by atoms with Gasteiger partial charge in [-0.05, 0) is 31.0 Å². The molecule has 2 N–H and O–H groups in total. The third-order valence-corrected chi connectivity index (χ3v) is 1.95. The van der Waals surface area contributed by atoms with Crippen LogP contribution >= 0.6 is 0 Å². The number of methoxy groups -OCH3 is 1. The summed E-state index contributed by atoms with van der Waals surface area (Å²) in [6.45, 7) is 3.67. The lowest BCUT2D eigenvalue weighted by molar-refractivity contribution is 0.348. The van der Waals surface area contributed by atoms with Crippen molar-refractivity contribution in [1.82, 2.24) is 0 Å². The van der Waals surface area contributed by atoms with Gasteiger partial charge in [-0.3, -0.25) is 0 Å². The second-order valence-corrected chi connectivity index (χ2v) is 2.72. The summed E-state index contributed by atoms with van der Waals surface area (Å²) < 4.78 is 4.93. The molecule has 0 bridgehead atoms. The van der Waals surface area contributed by atoms with Gasteiger partial charge in [0.2, 0.25) is 5.75 Å². The maximum Gasteiger partial charge on any atom is 0.200 e. The van der Waals surface area contributed by atoms with Gasteiger partial charge < -0.3 is 14.9 Å². The fourth-order valence-electron chi connectivity index (χ4n) is 1.10. The van der Waals surface area contributed by atoms with E-state index in [0.717, 1.165) is 11.1 Å². The summed E-state index contributed by atoms with van der Waals surface area (Å²) in [5.74, 6) is 0.00282. The van der Waals surface area contributed by atoms with Crippen LogP contribution in [0.1, 0.15) is 11.1 Å². The summed E-state index contributed by atoms with van der Waals surface area (Å²) in [6, 6.07) is 1.51. The first-order valence-corrected chi connectivity index (χ1v) is 3.64. The number of aromatic hydroxyl groups is 2. The smallest absolute Gasteiger partial charge is 0.200 e. The zero-order chi connectivity index (χ0) is 9.30. The van der Waals surface area contributed by atoms with E-state index < -0.39 is 0 Å². The van der Waals surface area contributed by atoms with Crippen molar-refractivity contribution in [3.05, 3.63) is 17.2 Å². The Labute approximate surface area is 71.2 Å². The number of ether oxygens (including phenoxy) is 1. The van der Waals surface area contributed by atoms with E-state index in [0.29, 0.717) is 5.75 Å². The minimum atomic E-state index is -0.194. The Morgan fingerprint density at radius 2 is 1.83 bits per heavy atom. The molecule has 1 aromatic rings. The maximum atomic E-state index is 9.33. The van der Waals surface area contributed by atoms with Crippen molar-refractivity contribution in [2.24, 2.45) is 0 Å². The fraction of sp³-hybridized carbons (Fsp3) is 0.333. The summed E-state index contributed by atoms with van der Waals surface area (Å²) in [4.78, 5) is 0. The van der Waals surface area contributed by atoms with Gasteiger partial charge in [0.1, 0.15) is 0 Å². The van der Waals surface area contributed by atoms with Gasteiger partial charge in [-0.15, -0.1) is 0 Å². The Kier molecular flexibility index (Phi) is 2.13. The molecule has 0 aliphatic carbocycles. The lowest BCUT2D eigenvalue weighted by atomic mass is 10.1. The minimum Gasteiger partial charge on any atom is -0.504 e. The zero-order valence-corrected chi connectivity index (χ0v) is 7.38. The third kappa shape index (κ3) is 1.18. The molecule has 0 saturated carbocycles. The van der Waals surface area contributed by atoms with E-state index in [4.69, 9.17) is 4.74 Å². The number of hydrogen-bond acceptors (Lipinski definition) is 3. The molecule has 12 heavy (non-hydrogen) atoms. The Hall–Kier alpha value is -1.38. The first kappa shape index (κ1) is 8.71. The summed E-state index contributed by atoms with van der Waals surface area (Å²) in [5, 5.41) is 18.5. The van der Waals surface area contributed by atoms with Gasteiger partial charge in [-0.2, -0.15) is 0 Å².